The monoisotopic (exact) mass is 214 g/mol. The third-order valence-electron chi connectivity index (χ3n) is 1.33. The lowest BCUT2D eigenvalue weighted by Crippen LogP contribution is -2.04. The number of benzene rings is 1. The standard InChI is InChI=1S/C8H7ClO2.C2H4O/c9-8(11)7(10)6-4-2-1-3-5-6;1-2-3/h1-5,7,10H;2H,1H3. The molecule has 0 heterocycles. The summed E-state index contributed by atoms with van der Waals surface area (Å²) in [6.45, 7) is 1.44. The van der Waals surface area contributed by atoms with E-state index in [0.29, 0.717) is 5.56 Å². The van der Waals surface area contributed by atoms with Crippen LogP contribution in [0.5, 0.6) is 0 Å². The van der Waals surface area contributed by atoms with Gasteiger partial charge in [0.05, 0.1) is 0 Å². The van der Waals surface area contributed by atoms with E-state index in [1.807, 2.05) is 0 Å². The minimum atomic E-state index is -1.20. The van der Waals surface area contributed by atoms with Crippen molar-refractivity contribution in [1.82, 2.24) is 0 Å². The molecule has 3 nitrogen and oxygen atoms in total. The van der Waals surface area contributed by atoms with Crippen molar-refractivity contribution in [3.05, 3.63) is 35.9 Å². The molecular weight excluding hydrogens is 204 g/mol. The first-order chi connectivity index (χ1) is 6.63. The second-order valence-corrected chi connectivity index (χ2v) is 2.73. The van der Waals surface area contributed by atoms with Crippen molar-refractivity contribution in [2.24, 2.45) is 0 Å². The Balaban J connectivity index is 0.000000500. The summed E-state index contributed by atoms with van der Waals surface area (Å²) in [5, 5.41) is 8.36. The molecule has 0 aliphatic heterocycles. The lowest BCUT2D eigenvalue weighted by atomic mass is 10.1. The van der Waals surface area contributed by atoms with Crippen LogP contribution in [-0.2, 0) is 9.59 Å². The molecule has 0 saturated carbocycles. The molecule has 0 spiro atoms. The first kappa shape index (κ1) is 12.8. The highest BCUT2D eigenvalue weighted by Gasteiger charge is 2.12. The van der Waals surface area contributed by atoms with Crippen LogP contribution in [0.1, 0.15) is 18.6 Å². The molecule has 1 aromatic rings. The molecule has 14 heavy (non-hydrogen) atoms. The van der Waals surface area contributed by atoms with E-state index < -0.39 is 11.3 Å². The lowest BCUT2D eigenvalue weighted by Gasteiger charge is -2.03. The third-order valence-corrected chi connectivity index (χ3v) is 1.54. The molecule has 1 rings (SSSR count). The molecule has 0 bridgehead atoms. The van der Waals surface area contributed by atoms with Gasteiger partial charge in [0.1, 0.15) is 6.29 Å². The summed E-state index contributed by atoms with van der Waals surface area (Å²) in [5.41, 5.74) is 0.521. The highest BCUT2D eigenvalue weighted by atomic mass is 35.5. The van der Waals surface area contributed by atoms with Gasteiger partial charge >= 0.3 is 0 Å². The molecule has 0 aliphatic rings. The van der Waals surface area contributed by atoms with Crippen LogP contribution in [0.4, 0.5) is 0 Å². The average Bonchev–Trinajstić information content (AvgIpc) is 2.19. The number of carbonyl (C=O) groups excluding carboxylic acids is 2. The fourth-order valence-corrected chi connectivity index (χ4v) is 0.892. The Hall–Kier alpha value is -1.19. The van der Waals surface area contributed by atoms with Crippen LogP contribution in [0.2, 0.25) is 0 Å². The van der Waals surface area contributed by atoms with Crippen molar-refractivity contribution in [3.63, 3.8) is 0 Å². The Morgan fingerprint density at radius 2 is 1.86 bits per heavy atom. The van der Waals surface area contributed by atoms with E-state index in [1.165, 1.54) is 6.92 Å². The van der Waals surface area contributed by atoms with E-state index in [9.17, 15) is 4.79 Å². The van der Waals surface area contributed by atoms with Crippen LogP contribution in [0.15, 0.2) is 30.3 Å². The lowest BCUT2D eigenvalue weighted by molar-refractivity contribution is -0.119. The zero-order valence-electron chi connectivity index (χ0n) is 7.68. The summed E-state index contributed by atoms with van der Waals surface area (Å²) in [6, 6.07) is 8.56. The molecule has 0 radical (unpaired) electrons. The fourth-order valence-electron chi connectivity index (χ4n) is 0.766. The van der Waals surface area contributed by atoms with Gasteiger partial charge in [-0.1, -0.05) is 30.3 Å². The molecule has 1 N–H and O–H groups in total. The maximum Gasteiger partial charge on any atom is 0.254 e. The highest BCUT2D eigenvalue weighted by Crippen LogP contribution is 2.14. The average molecular weight is 215 g/mol. The quantitative estimate of drug-likeness (QED) is 0.602. The number of carbonyl (C=O) groups is 2. The first-order valence-corrected chi connectivity index (χ1v) is 4.33. The first-order valence-electron chi connectivity index (χ1n) is 3.95. The second kappa shape index (κ2) is 7.24. The second-order valence-electron chi connectivity index (χ2n) is 2.35. The van der Waals surface area contributed by atoms with Crippen LogP contribution in [0.25, 0.3) is 0 Å². The van der Waals surface area contributed by atoms with Gasteiger partial charge in [-0.2, -0.15) is 0 Å². The Bertz CT molecular complexity index is 285. The van der Waals surface area contributed by atoms with E-state index >= 15 is 0 Å². The molecule has 1 unspecified atom stereocenters. The largest absolute Gasteiger partial charge is 0.379 e. The van der Waals surface area contributed by atoms with E-state index in [2.05, 4.69) is 0 Å². The summed E-state index contributed by atoms with van der Waals surface area (Å²) in [7, 11) is 0. The fraction of sp³-hybridized carbons (Fsp3) is 0.200. The van der Waals surface area contributed by atoms with Gasteiger partial charge in [0.15, 0.2) is 6.10 Å². The van der Waals surface area contributed by atoms with Gasteiger partial charge in [-0.15, -0.1) is 0 Å². The number of hydrogen-bond acceptors (Lipinski definition) is 3. The van der Waals surface area contributed by atoms with Crippen molar-refractivity contribution in [2.45, 2.75) is 13.0 Å². The molecular formula is C10H11ClO3. The van der Waals surface area contributed by atoms with Gasteiger partial charge in [-0.3, -0.25) is 4.79 Å². The van der Waals surface area contributed by atoms with Crippen LogP contribution >= 0.6 is 11.6 Å². The van der Waals surface area contributed by atoms with Gasteiger partial charge in [0, 0.05) is 0 Å². The summed E-state index contributed by atoms with van der Waals surface area (Å²) < 4.78 is 0. The van der Waals surface area contributed by atoms with Crippen molar-refractivity contribution in [2.75, 3.05) is 0 Å². The predicted molar refractivity (Wildman–Crippen MR) is 54.0 cm³/mol. The number of hydrogen-bond donors (Lipinski definition) is 1. The minimum absolute atomic E-state index is 0.521. The molecule has 0 fully saturated rings. The molecule has 0 saturated heterocycles. The van der Waals surface area contributed by atoms with Crippen molar-refractivity contribution in [3.8, 4) is 0 Å². The van der Waals surface area contributed by atoms with Gasteiger partial charge < -0.3 is 9.90 Å². The summed E-state index contributed by atoms with van der Waals surface area (Å²) in [4.78, 5) is 19.3. The Morgan fingerprint density at radius 1 is 1.43 bits per heavy atom. The van der Waals surface area contributed by atoms with Crippen LogP contribution < -0.4 is 0 Å². The molecule has 4 heteroatoms. The zero-order valence-corrected chi connectivity index (χ0v) is 8.44. The number of rotatable bonds is 2. The van der Waals surface area contributed by atoms with Crippen molar-refractivity contribution < 1.29 is 14.7 Å². The molecule has 1 atom stereocenters. The number of aliphatic hydroxyl groups excluding tert-OH is 1. The number of halogens is 1. The maximum absolute atomic E-state index is 10.5. The van der Waals surface area contributed by atoms with Gasteiger partial charge in [0.25, 0.3) is 5.24 Å². The number of aliphatic hydroxyl groups is 1. The zero-order chi connectivity index (χ0) is 11.0. The molecule has 1 aromatic carbocycles. The Kier molecular flexibility index (Phi) is 6.62. The van der Waals surface area contributed by atoms with Crippen molar-refractivity contribution >= 4 is 23.1 Å². The van der Waals surface area contributed by atoms with Crippen LogP contribution in [-0.4, -0.2) is 16.6 Å². The normalized spacial score (nSPS) is 10.8. The summed E-state index contributed by atoms with van der Waals surface area (Å²) in [6.07, 6.45) is -0.446. The Labute approximate surface area is 87.3 Å². The summed E-state index contributed by atoms with van der Waals surface area (Å²) in [5.74, 6) is 0. The molecule has 0 amide bonds. The SMILES string of the molecule is CC=O.O=C(Cl)C(O)c1ccccc1. The van der Waals surface area contributed by atoms with Gasteiger partial charge in [-0.25, -0.2) is 0 Å². The number of aldehydes is 1. The third kappa shape index (κ3) is 4.74. The topological polar surface area (TPSA) is 54.4 Å². The highest BCUT2D eigenvalue weighted by molar-refractivity contribution is 6.64. The summed E-state index contributed by atoms with van der Waals surface area (Å²) >= 11 is 5.07. The van der Waals surface area contributed by atoms with E-state index in [1.54, 1.807) is 30.3 Å². The minimum Gasteiger partial charge on any atom is -0.379 e. The van der Waals surface area contributed by atoms with Crippen LogP contribution in [0.3, 0.4) is 0 Å². The van der Waals surface area contributed by atoms with E-state index in [0.717, 1.165) is 6.29 Å². The maximum atomic E-state index is 10.5. The van der Waals surface area contributed by atoms with E-state index in [-0.39, 0.29) is 0 Å². The van der Waals surface area contributed by atoms with Gasteiger partial charge in [0.2, 0.25) is 0 Å². The van der Waals surface area contributed by atoms with E-state index in [4.69, 9.17) is 21.5 Å². The van der Waals surface area contributed by atoms with Crippen LogP contribution in [0, 0.1) is 0 Å². The molecule has 0 aromatic heterocycles. The predicted octanol–water partition coefficient (Wildman–Crippen LogP) is 1.69. The Morgan fingerprint density at radius 3 is 2.21 bits per heavy atom. The smallest absolute Gasteiger partial charge is 0.254 e. The molecule has 0 aliphatic carbocycles. The molecule has 76 valence electrons. The van der Waals surface area contributed by atoms with Gasteiger partial charge in [-0.05, 0) is 24.1 Å². The van der Waals surface area contributed by atoms with Crippen molar-refractivity contribution in [1.29, 1.82) is 0 Å².